The lowest BCUT2D eigenvalue weighted by molar-refractivity contribution is 0.468. The minimum atomic E-state index is -1.35. The van der Waals surface area contributed by atoms with E-state index in [0.29, 0.717) is 10.2 Å². The Bertz CT molecular complexity index is 626. The number of fused-ring (bicyclic) bond motifs is 1. The van der Waals surface area contributed by atoms with Crippen LogP contribution in [0, 0.1) is 5.82 Å². The van der Waals surface area contributed by atoms with Gasteiger partial charge >= 0.3 is 5.09 Å². The van der Waals surface area contributed by atoms with E-state index in [9.17, 15) is 13.7 Å². The zero-order valence-electron chi connectivity index (χ0n) is 8.83. The Morgan fingerprint density at radius 3 is 2.82 bits per heavy atom. The van der Waals surface area contributed by atoms with Crippen LogP contribution in [0.15, 0.2) is 37.0 Å². The van der Waals surface area contributed by atoms with Crippen molar-refractivity contribution in [2.75, 3.05) is 5.75 Å². The van der Waals surface area contributed by atoms with Crippen molar-refractivity contribution in [1.82, 2.24) is 0 Å². The summed E-state index contributed by atoms with van der Waals surface area (Å²) in [4.78, 5) is 11.7. The third-order valence-corrected chi connectivity index (χ3v) is 3.98. The normalized spacial score (nSPS) is 12.9. The molecule has 6 heteroatoms. The molecule has 0 aliphatic heterocycles. The van der Waals surface area contributed by atoms with Gasteiger partial charge in [-0.3, -0.25) is 4.79 Å². The van der Waals surface area contributed by atoms with E-state index in [1.54, 1.807) is 6.92 Å². The first-order valence-corrected chi connectivity index (χ1v) is 6.95. The average molecular weight is 319 g/mol. The van der Waals surface area contributed by atoms with Crippen LogP contribution in [0.3, 0.4) is 0 Å². The Kier molecular flexibility index (Phi) is 3.56. The molecule has 3 nitrogen and oxygen atoms in total. The summed E-state index contributed by atoms with van der Waals surface area (Å²) < 4.78 is 30.4. The maximum atomic E-state index is 13.1. The van der Waals surface area contributed by atoms with Gasteiger partial charge in [0.05, 0.1) is 15.9 Å². The number of hydrogen-bond donors (Lipinski definition) is 0. The van der Waals surface area contributed by atoms with E-state index in [1.807, 2.05) is 0 Å². The maximum Gasteiger partial charge on any atom is 0.315 e. The predicted molar refractivity (Wildman–Crippen MR) is 67.1 cm³/mol. The number of benzene rings is 1. The van der Waals surface area contributed by atoms with Gasteiger partial charge in [0, 0.05) is 11.2 Å². The van der Waals surface area contributed by atoms with Crippen molar-refractivity contribution in [3.05, 3.63) is 38.7 Å². The summed E-state index contributed by atoms with van der Waals surface area (Å²) in [5, 5.41) is 0.242. The third-order valence-electron chi connectivity index (χ3n) is 2.21. The lowest BCUT2D eigenvalue weighted by Crippen LogP contribution is -2.09. The molecular formula is C11H8BrFO3S. The first-order chi connectivity index (χ1) is 8.02. The molecule has 90 valence electrons. The molecule has 0 fully saturated rings. The predicted octanol–water partition coefficient (Wildman–Crippen LogP) is 2.82. The molecule has 1 aromatic heterocycles. The van der Waals surface area contributed by atoms with E-state index < -0.39 is 22.4 Å². The van der Waals surface area contributed by atoms with Crippen LogP contribution in [0.2, 0.25) is 0 Å². The van der Waals surface area contributed by atoms with Gasteiger partial charge < -0.3 is 8.97 Å². The quantitative estimate of drug-likeness (QED) is 0.800. The smallest absolute Gasteiger partial charge is 0.315 e. The summed E-state index contributed by atoms with van der Waals surface area (Å²) in [5.41, 5.74) is -0.182. The molecule has 17 heavy (non-hydrogen) atoms. The molecule has 0 amide bonds. The first-order valence-electron chi connectivity index (χ1n) is 4.84. The van der Waals surface area contributed by atoms with Crippen LogP contribution in [-0.4, -0.2) is 10.3 Å². The standard InChI is InChI=1S/C11H8BrFO3S/c1-2-17(15)10-5-9(14)7-3-6(13)4-8(12)11(7)16-10/h3-5H,2H2,1H3. The molecule has 0 bridgehead atoms. The van der Waals surface area contributed by atoms with Crippen LogP contribution in [0.5, 0.6) is 0 Å². The molecule has 0 saturated heterocycles. The lowest BCUT2D eigenvalue weighted by atomic mass is 10.2. The van der Waals surface area contributed by atoms with E-state index in [2.05, 4.69) is 15.9 Å². The van der Waals surface area contributed by atoms with Crippen molar-refractivity contribution in [2.24, 2.45) is 0 Å². The highest BCUT2D eigenvalue weighted by atomic mass is 79.9. The number of rotatable bonds is 2. The molecule has 1 aromatic carbocycles. The molecule has 0 spiro atoms. The van der Waals surface area contributed by atoms with Crippen molar-refractivity contribution < 1.29 is 13.4 Å². The highest BCUT2D eigenvalue weighted by molar-refractivity contribution is 9.10. The second kappa shape index (κ2) is 4.80. The number of hydrogen-bond acceptors (Lipinski definition) is 3. The van der Waals surface area contributed by atoms with Crippen LogP contribution >= 0.6 is 15.9 Å². The topological polar surface area (TPSA) is 53.3 Å². The van der Waals surface area contributed by atoms with Gasteiger partial charge in [0.15, 0.2) is 11.0 Å². The summed E-state index contributed by atoms with van der Waals surface area (Å²) in [6, 6.07) is 3.45. The fourth-order valence-corrected chi connectivity index (χ4v) is 2.63. The van der Waals surface area contributed by atoms with E-state index in [-0.39, 0.29) is 16.1 Å². The highest BCUT2D eigenvalue weighted by Gasteiger charge is 2.16. The maximum absolute atomic E-state index is 13.1. The lowest BCUT2D eigenvalue weighted by Gasteiger charge is -2.07. The Morgan fingerprint density at radius 2 is 2.18 bits per heavy atom. The highest BCUT2D eigenvalue weighted by Crippen LogP contribution is 2.25. The molecular weight excluding hydrogens is 311 g/mol. The van der Waals surface area contributed by atoms with Gasteiger partial charge in [-0.1, -0.05) is 0 Å². The van der Waals surface area contributed by atoms with E-state index in [1.165, 1.54) is 6.07 Å². The van der Waals surface area contributed by atoms with Gasteiger partial charge in [-0.15, -0.1) is 0 Å². The van der Waals surface area contributed by atoms with Crippen LogP contribution in [0.25, 0.3) is 11.0 Å². The fraction of sp³-hybridized carbons (Fsp3) is 0.182. The van der Waals surface area contributed by atoms with Gasteiger partial charge in [-0.25, -0.2) is 4.39 Å². The van der Waals surface area contributed by atoms with Gasteiger partial charge in [-0.2, -0.15) is 0 Å². The zero-order valence-corrected chi connectivity index (χ0v) is 11.2. The fourth-order valence-electron chi connectivity index (χ4n) is 1.42. The average Bonchev–Trinajstić information content (AvgIpc) is 2.29. The Morgan fingerprint density at radius 1 is 1.47 bits per heavy atom. The molecule has 0 aliphatic carbocycles. The van der Waals surface area contributed by atoms with Gasteiger partial charge in [0.2, 0.25) is 0 Å². The Hall–Kier alpha value is -0.850. The first kappa shape index (κ1) is 12.6. The summed E-state index contributed by atoms with van der Waals surface area (Å²) in [5.74, 6) is -0.172. The molecule has 1 unspecified atom stereocenters. The summed E-state index contributed by atoms with van der Waals surface area (Å²) >= 11 is 1.76. The molecule has 1 atom stereocenters. The van der Waals surface area contributed by atoms with Crippen LogP contribution < -0.4 is 5.43 Å². The summed E-state index contributed by atoms with van der Waals surface area (Å²) in [6.07, 6.45) is 0. The molecule has 0 N–H and O–H groups in total. The van der Waals surface area contributed by atoms with Crippen molar-refractivity contribution >= 4 is 38.1 Å². The molecule has 0 saturated carbocycles. The number of halogens is 2. The van der Waals surface area contributed by atoms with Crippen molar-refractivity contribution in [1.29, 1.82) is 0 Å². The third kappa shape index (κ3) is 2.38. The molecule has 2 aromatic rings. The van der Waals surface area contributed by atoms with Gasteiger partial charge in [0.25, 0.3) is 0 Å². The van der Waals surface area contributed by atoms with Gasteiger partial charge in [0.1, 0.15) is 11.6 Å². The van der Waals surface area contributed by atoms with Crippen molar-refractivity contribution in [3.8, 4) is 0 Å². The van der Waals surface area contributed by atoms with Gasteiger partial charge in [-0.05, 0) is 35.0 Å². The second-order valence-electron chi connectivity index (χ2n) is 3.33. The Balaban J connectivity index is 2.78. The van der Waals surface area contributed by atoms with Crippen LogP contribution in [-0.2, 0) is 11.2 Å². The Labute approximate surface area is 108 Å². The monoisotopic (exact) mass is 318 g/mol. The minimum Gasteiger partial charge on any atom is -0.609 e. The summed E-state index contributed by atoms with van der Waals surface area (Å²) in [6.45, 7) is 1.72. The van der Waals surface area contributed by atoms with E-state index in [4.69, 9.17) is 4.42 Å². The molecule has 0 radical (unpaired) electrons. The molecule has 1 heterocycles. The second-order valence-corrected chi connectivity index (χ2v) is 5.85. The molecule has 0 aliphatic rings. The SMILES string of the molecule is CC[S+]([O-])c1cc(=O)c2cc(F)cc(Br)c2o1. The van der Waals surface area contributed by atoms with E-state index >= 15 is 0 Å². The van der Waals surface area contributed by atoms with Crippen LogP contribution in [0.1, 0.15) is 6.92 Å². The summed E-state index contributed by atoms with van der Waals surface area (Å²) in [7, 11) is 0. The van der Waals surface area contributed by atoms with Crippen molar-refractivity contribution in [2.45, 2.75) is 12.0 Å². The van der Waals surface area contributed by atoms with Crippen LogP contribution in [0.4, 0.5) is 4.39 Å². The van der Waals surface area contributed by atoms with E-state index in [0.717, 1.165) is 12.1 Å². The zero-order chi connectivity index (χ0) is 12.6. The largest absolute Gasteiger partial charge is 0.609 e. The minimum absolute atomic E-state index is 0.109. The molecule has 2 rings (SSSR count). The van der Waals surface area contributed by atoms with Crippen molar-refractivity contribution in [3.63, 3.8) is 0 Å².